The van der Waals surface area contributed by atoms with Gasteiger partial charge in [-0.05, 0) is 49.4 Å². The maximum Gasteiger partial charge on any atom is 0.409 e. The van der Waals surface area contributed by atoms with E-state index in [4.69, 9.17) is 9.72 Å². The molecule has 3 aliphatic rings. The van der Waals surface area contributed by atoms with Crippen molar-refractivity contribution in [3.8, 4) is 11.3 Å². The van der Waals surface area contributed by atoms with Gasteiger partial charge in [-0.3, -0.25) is 4.79 Å². The molecule has 0 radical (unpaired) electrons. The first-order valence-corrected chi connectivity index (χ1v) is 15.1. The van der Waals surface area contributed by atoms with E-state index in [1.54, 1.807) is 18.0 Å². The van der Waals surface area contributed by atoms with Crippen LogP contribution in [0.4, 0.5) is 18.0 Å². The van der Waals surface area contributed by atoms with Gasteiger partial charge in [-0.2, -0.15) is 0 Å². The Morgan fingerprint density at radius 3 is 2.64 bits per heavy atom. The Kier molecular flexibility index (Phi) is 8.64. The van der Waals surface area contributed by atoms with Crippen LogP contribution in [0.3, 0.4) is 0 Å². The van der Waals surface area contributed by atoms with Crippen LogP contribution in [-0.2, 0) is 16.1 Å². The van der Waals surface area contributed by atoms with Crippen LogP contribution in [0.1, 0.15) is 37.2 Å². The fourth-order valence-electron chi connectivity index (χ4n) is 6.86. The molecule has 4 heterocycles. The molecule has 1 aromatic heterocycles. The predicted molar refractivity (Wildman–Crippen MR) is 155 cm³/mol. The summed E-state index contributed by atoms with van der Waals surface area (Å²) in [6.07, 6.45) is -0.509. The molecule has 0 aliphatic carbocycles. The SMILES string of the molecule is CCOC(=O)N1CCC(C(c2nc(-c3cc(F)ccc3F)cn2Cc2ccccc2)N2CC3C(F)CNC3[C@H](O)C2=O)CC1. The Hall–Kier alpha value is -3.90. The van der Waals surface area contributed by atoms with Crippen LogP contribution in [-0.4, -0.2) is 87.6 Å². The fraction of sp³-hybridized carbons (Fsp3) is 0.469. The number of hydrogen-bond donors (Lipinski definition) is 2. The molecule has 12 heteroatoms. The van der Waals surface area contributed by atoms with Gasteiger partial charge in [0, 0.05) is 56.4 Å². The van der Waals surface area contributed by atoms with E-state index in [-0.39, 0.29) is 36.9 Å². The van der Waals surface area contributed by atoms with E-state index in [9.17, 15) is 19.1 Å². The number of alkyl halides is 1. The molecule has 6 rings (SSSR count). The van der Waals surface area contributed by atoms with E-state index in [1.807, 2.05) is 34.9 Å². The molecule has 2 N–H and O–H groups in total. The maximum absolute atomic E-state index is 15.1. The number of nitrogens with zero attached hydrogens (tertiary/aromatic N) is 4. The van der Waals surface area contributed by atoms with Crippen molar-refractivity contribution in [2.24, 2.45) is 11.8 Å². The fourth-order valence-corrected chi connectivity index (χ4v) is 6.86. The van der Waals surface area contributed by atoms with Gasteiger partial charge in [-0.1, -0.05) is 30.3 Å². The first kappa shape index (κ1) is 30.1. The zero-order chi connectivity index (χ0) is 31.0. The molecule has 0 bridgehead atoms. The minimum Gasteiger partial charge on any atom is -0.450 e. The topological polar surface area (TPSA) is 99.9 Å². The normalized spacial score (nSPS) is 24.8. The third kappa shape index (κ3) is 5.80. The highest BCUT2D eigenvalue weighted by atomic mass is 19.1. The number of rotatable bonds is 7. The Morgan fingerprint density at radius 1 is 1.16 bits per heavy atom. The lowest BCUT2D eigenvalue weighted by molar-refractivity contribution is -0.154. The summed E-state index contributed by atoms with van der Waals surface area (Å²) < 4.78 is 51.3. The first-order chi connectivity index (χ1) is 21.2. The molecule has 3 fully saturated rings. The smallest absolute Gasteiger partial charge is 0.409 e. The van der Waals surface area contributed by atoms with E-state index in [0.29, 0.717) is 38.3 Å². The average molecular weight is 612 g/mol. The van der Waals surface area contributed by atoms with E-state index >= 15 is 8.78 Å². The summed E-state index contributed by atoms with van der Waals surface area (Å²) >= 11 is 0. The second-order valence-electron chi connectivity index (χ2n) is 11.7. The molecule has 234 valence electrons. The second kappa shape index (κ2) is 12.6. The highest BCUT2D eigenvalue weighted by Crippen LogP contribution is 2.41. The number of nitrogens with one attached hydrogen (secondary N) is 1. The average Bonchev–Trinajstić information content (AvgIpc) is 3.61. The summed E-state index contributed by atoms with van der Waals surface area (Å²) in [5.74, 6) is -2.25. The number of piperidine rings is 2. The van der Waals surface area contributed by atoms with Gasteiger partial charge in [-0.25, -0.2) is 22.9 Å². The number of aliphatic hydroxyl groups excluding tert-OH is 1. The molecule has 5 atom stereocenters. The van der Waals surface area contributed by atoms with Gasteiger partial charge in [0.05, 0.1) is 18.3 Å². The van der Waals surface area contributed by atoms with Gasteiger partial charge in [0.1, 0.15) is 29.7 Å². The molecule has 2 amide bonds. The third-order valence-corrected chi connectivity index (χ3v) is 9.08. The number of carbonyl (C=O) groups is 2. The van der Waals surface area contributed by atoms with Crippen LogP contribution in [0, 0.1) is 23.5 Å². The number of benzene rings is 2. The number of likely N-dealkylation sites (tertiary alicyclic amines) is 2. The van der Waals surface area contributed by atoms with Gasteiger partial charge >= 0.3 is 6.09 Å². The summed E-state index contributed by atoms with van der Waals surface area (Å²) in [7, 11) is 0. The van der Waals surface area contributed by atoms with E-state index < -0.39 is 53.9 Å². The Labute approximate surface area is 253 Å². The molecule has 4 unspecified atom stereocenters. The van der Waals surface area contributed by atoms with Gasteiger partial charge < -0.3 is 29.5 Å². The van der Waals surface area contributed by atoms with Gasteiger partial charge in [0.2, 0.25) is 0 Å². The highest BCUT2D eigenvalue weighted by molar-refractivity contribution is 5.83. The molecule has 3 saturated heterocycles. The number of halogens is 3. The van der Waals surface area contributed by atoms with Gasteiger partial charge in [0.15, 0.2) is 0 Å². The van der Waals surface area contributed by atoms with Crippen molar-refractivity contribution >= 4 is 12.0 Å². The molecule has 2 aromatic carbocycles. The zero-order valence-corrected chi connectivity index (χ0v) is 24.4. The summed E-state index contributed by atoms with van der Waals surface area (Å²) in [4.78, 5) is 34.2. The van der Waals surface area contributed by atoms with Crippen LogP contribution >= 0.6 is 0 Å². The number of ether oxygens (including phenoxy) is 1. The number of amides is 2. The molecular weight excluding hydrogens is 575 g/mol. The quantitative estimate of drug-likeness (QED) is 0.421. The molecule has 3 aromatic rings. The molecule has 3 aliphatic heterocycles. The summed E-state index contributed by atoms with van der Waals surface area (Å²) in [5, 5.41) is 14.0. The van der Waals surface area contributed by atoms with Crippen LogP contribution in [0.5, 0.6) is 0 Å². The van der Waals surface area contributed by atoms with Crippen LogP contribution in [0.25, 0.3) is 11.3 Å². The van der Waals surface area contributed by atoms with E-state index in [1.165, 1.54) is 4.90 Å². The molecule has 0 spiro atoms. The number of aromatic nitrogens is 2. The van der Waals surface area contributed by atoms with Crippen molar-refractivity contribution in [2.45, 2.75) is 50.7 Å². The van der Waals surface area contributed by atoms with Crippen molar-refractivity contribution in [3.63, 3.8) is 0 Å². The number of carbonyl (C=O) groups excluding carboxylic acids is 2. The minimum absolute atomic E-state index is 0.0252. The van der Waals surface area contributed by atoms with Crippen molar-refractivity contribution in [1.82, 2.24) is 24.7 Å². The lowest BCUT2D eigenvalue weighted by atomic mass is 9.83. The Balaban J connectivity index is 1.44. The monoisotopic (exact) mass is 611 g/mol. The van der Waals surface area contributed by atoms with Gasteiger partial charge in [0.25, 0.3) is 5.91 Å². The standard InChI is InChI=1S/C32H36F3N5O4/c1-2-44-32(43)38-12-10-20(11-13-38)28(40-17-23-25(35)15-36-27(23)29(41)31(40)42)30-37-26(22-14-21(33)8-9-24(22)34)18-39(30)16-19-6-4-3-5-7-19/h3-9,14,18,20,23,25,27-29,36,41H,2,10-13,15-17H2,1H3/t23?,25?,27?,28?,29-/m0/s1. The maximum atomic E-state index is 15.1. The first-order valence-electron chi connectivity index (χ1n) is 15.1. The van der Waals surface area contributed by atoms with Crippen LogP contribution in [0.2, 0.25) is 0 Å². The van der Waals surface area contributed by atoms with Gasteiger partial charge in [-0.15, -0.1) is 0 Å². The second-order valence-corrected chi connectivity index (χ2v) is 11.7. The summed E-state index contributed by atoms with van der Waals surface area (Å²) in [6, 6.07) is 11.3. The molecule has 44 heavy (non-hydrogen) atoms. The Morgan fingerprint density at radius 2 is 1.91 bits per heavy atom. The van der Waals surface area contributed by atoms with Crippen molar-refractivity contribution in [3.05, 3.63) is 77.8 Å². The molecule has 0 saturated carbocycles. The lowest BCUT2D eigenvalue weighted by Gasteiger charge is -2.46. The molecular formula is C32H36F3N5O4. The number of hydrogen-bond acceptors (Lipinski definition) is 6. The van der Waals surface area contributed by atoms with E-state index in [2.05, 4.69) is 5.32 Å². The summed E-state index contributed by atoms with van der Waals surface area (Å²) in [6.45, 7) is 3.15. The lowest BCUT2D eigenvalue weighted by Crippen LogP contribution is -2.60. The summed E-state index contributed by atoms with van der Waals surface area (Å²) in [5.41, 5.74) is 1.08. The minimum atomic E-state index is -1.45. The van der Waals surface area contributed by atoms with E-state index in [0.717, 1.165) is 23.8 Å². The number of aliphatic hydroxyl groups is 1. The largest absolute Gasteiger partial charge is 0.450 e. The third-order valence-electron chi connectivity index (χ3n) is 9.08. The number of imidazole rings is 1. The highest BCUT2D eigenvalue weighted by Gasteiger charge is 2.52. The van der Waals surface area contributed by atoms with Crippen molar-refractivity contribution in [2.75, 3.05) is 32.8 Å². The number of fused-ring (bicyclic) bond motifs is 1. The van der Waals surface area contributed by atoms with Crippen LogP contribution in [0.15, 0.2) is 54.7 Å². The van der Waals surface area contributed by atoms with Crippen LogP contribution < -0.4 is 5.32 Å². The van der Waals surface area contributed by atoms with Crippen molar-refractivity contribution in [1.29, 1.82) is 0 Å². The molecule has 9 nitrogen and oxygen atoms in total. The predicted octanol–water partition coefficient (Wildman–Crippen LogP) is 3.92. The Bertz CT molecular complexity index is 1500. The zero-order valence-electron chi connectivity index (χ0n) is 24.4. The van der Waals surface area contributed by atoms with Crippen molar-refractivity contribution < 1.29 is 32.6 Å².